The quantitative estimate of drug-likeness (QED) is 0.227. The van der Waals surface area contributed by atoms with Crippen molar-refractivity contribution >= 4 is 40.7 Å². The first-order valence-corrected chi connectivity index (χ1v) is 14.6. The molecule has 2 aliphatic rings. The molecule has 1 aromatic heterocycles. The van der Waals surface area contributed by atoms with Gasteiger partial charge in [-0.05, 0) is 72.4 Å². The van der Waals surface area contributed by atoms with Crippen LogP contribution in [0.2, 0.25) is 5.02 Å². The summed E-state index contributed by atoms with van der Waals surface area (Å²) >= 11 is 12.1. The molecule has 0 radical (unpaired) electrons. The van der Waals surface area contributed by atoms with Crippen molar-refractivity contribution < 1.29 is 4.74 Å². The number of para-hydroxylation sites is 1. The largest absolute Gasteiger partial charge is 0.439 e. The van der Waals surface area contributed by atoms with E-state index in [9.17, 15) is 0 Å². The van der Waals surface area contributed by atoms with Crippen molar-refractivity contribution in [2.45, 2.75) is 44.1 Å². The molecule has 0 saturated heterocycles. The number of aromatic nitrogens is 2. The number of ether oxygens (including phenoxy) is 1. The maximum atomic E-state index is 6.34. The molecule has 0 unspecified atom stereocenters. The second-order valence-electron chi connectivity index (χ2n) is 10.5. The lowest BCUT2D eigenvalue weighted by atomic mass is 9.79. The molecule has 8 heteroatoms. The third kappa shape index (κ3) is 6.06. The molecule has 1 fully saturated rings. The highest BCUT2D eigenvalue weighted by Gasteiger charge is 2.35. The summed E-state index contributed by atoms with van der Waals surface area (Å²) in [7, 11) is 0. The summed E-state index contributed by atoms with van der Waals surface area (Å²) in [5.74, 6) is 2.38. The smallest absolute Gasteiger partial charge is 0.234 e. The molecular formula is C32H32ClN5OS. The number of fused-ring (bicyclic) bond motifs is 1. The fraction of sp³-hybridized carbons (Fsp3) is 0.281. The second-order valence-corrected chi connectivity index (χ2v) is 11.4. The van der Waals surface area contributed by atoms with Crippen LogP contribution < -0.4 is 20.3 Å². The van der Waals surface area contributed by atoms with E-state index < -0.39 is 0 Å². The van der Waals surface area contributed by atoms with Crippen molar-refractivity contribution in [2.75, 3.05) is 23.3 Å². The summed E-state index contributed by atoms with van der Waals surface area (Å²) in [5.41, 5.74) is 3.96. The number of nitrogens with zero attached hydrogens (tertiary/aromatic N) is 3. The number of benzene rings is 3. The van der Waals surface area contributed by atoms with Crippen molar-refractivity contribution in [3.8, 4) is 11.6 Å². The molecule has 0 amide bonds. The van der Waals surface area contributed by atoms with Gasteiger partial charge in [0, 0.05) is 36.1 Å². The Morgan fingerprint density at radius 2 is 1.70 bits per heavy atom. The van der Waals surface area contributed by atoms with Crippen LogP contribution in [0.5, 0.6) is 11.6 Å². The molecule has 6 rings (SSSR count). The number of thiocarbonyl (C=S) groups is 1. The van der Waals surface area contributed by atoms with Gasteiger partial charge in [-0.15, -0.1) is 0 Å². The fourth-order valence-corrected chi connectivity index (χ4v) is 6.17. The summed E-state index contributed by atoms with van der Waals surface area (Å²) in [6.45, 7) is 2.36. The molecule has 204 valence electrons. The fourth-order valence-electron chi connectivity index (χ4n) is 5.82. The van der Waals surface area contributed by atoms with E-state index in [0.29, 0.717) is 22.7 Å². The van der Waals surface area contributed by atoms with E-state index in [1.807, 2.05) is 48.5 Å². The van der Waals surface area contributed by atoms with Crippen LogP contribution in [0, 0.1) is 0 Å². The summed E-state index contributed by atoms with van der Waals surface area (Å²) in [4.78, 5) is 11.8. The van der Waals surface area contributed by atoms with Gasteiger partial charge in [0.15, 0.2) is 5.11 Å². The van der Waals surface area contributed by atoms with E-state index in [0.717, 1.165) is 49.7 Å². The van der Waals surface area contributed by atoms with Crippen LogP contribution in [0.15, 0.2) is 84.9 Å². The molecular weight excluding hydrogens is 538 g/mol. The van der Waals surface area contributed by atoms with E-state index in [1.54, 1.807) is 0 Å². The number of rotatable bonds is 7. The van der Waals surface area contributed by atoms with Crippen LogP contribution >= 0.6 is 23.8 Å². The number of hydrogen-bond acceptors (Lipinski definition) is 5. The predicted molar refractivity (Wildman–Crippen MR) is 166 cm³/mol. The monoisotopic (exact) mass is 569 g/mol. The molecule has 3 aromatic carbocycles. The zero-order chi connectivity index (χ0) is 27.4. The van der Waals surface area contributed by atoms with Gasteiger partial charge in [0.05, 0.1) is 0 Å². The lowest BCUT2D eigenvalue weighted by Gasteiger charge is -2.31. The highest BCUT2D eigenvalue weighted by Crippen LogP contribution is 2.41. The first-order chi connectivity index (χ1) is 19.6. The maximum Gasteiger partial charge on any atom is 0.234 e. The third-order valence-corrected chi connectivity index (χ3v) is 8.40. The van der Waals surface area contributed by atoms with Crippen molar-refractivity contribution in [3.63, 3.8) is 0 Å². The van der Waals surface area contributed by atoms with E-state index >= 15 is 0 Å². The van der Waals surface area contributed by atoms with Crippen LogP contribution in [-0.4, -0.2) is 28.2 Å². The molecule has 0 bridgehead atoms. The average Bonchev–Trinajstić information content (AvgIpc) is 3.47. The normalized spacial score (nSPS) is 15.8. The maximum absolute atomic E-state index is 6.34. The topological polar surface area (TPSA) is 62.3 Å². The molecule has 1 aliphatic carbocycles. The predicted octanol–water partition coefficient (Wildman–Crippen LogP) is 7.28. The van der Waals surface area contributed by atoms with Gasteiger partial charge in [-0.2, -0.15) is 9.97 Å². The SMILES string of the molecule is S=C(NCC1(c2cccc(Cl)c2)CCCC1)Nc1nc(Oc2ccccc2)cc(N2CCc3ccccc3C2)n1. The Labute approximate surface area is 245 Å². The molecule has 0 spiro atoms. The summed E-state index contributed by atoms with van der Waals surface area (Å²) in [6, 6.07) is 28.3. The molecule has 0 atom stereocenters. The molecule has 2 N–H and O–H groups in total. The van der Waals surface area contributed by atoms with E-state index in [2.05, 4.69) is 56.9 Å². The van der Waals surface area contributed by atoms with Gasteiger partial charge in [-0.1, -0.05) is 79.0 Å². The van der Waals surface area contributed by atoms with Gasteiger partial charge in [0.1, 0.15) is 11.6 Å². The van der Waals surface area contributed by atoms with Gasteiger partial charge in [-0.3, -0.25) is 0 Å². The highest BCUT2D eigenvalue weighted by atomic mass is 35.5. The van der Waals surface area contributed by atoms with Gasteiger partial charge in [0.25, 0.3) is 0 Å². The number of halogens is 1. The Morgan fingerprint density at radius 3 is 2.50 bits per heavy atom. The summed E-state index contributed by atoms with van der Waals surface area (Å²) < 4.78 is 6.13. The average molecular weight is 570 g/mol. The zero-order valence-electron chi connectivity index (χ0n) is 22.3. The van der Waals surface area contributed by atoms with Crippen molar-refractivity contribution in [1.82, 2.24) is 15.3 Å². The second kappa shape index (κ2) is 11.8. The molecule has 6 nitrogen and oxygen atoms in total. The molecule has 1 saturated carbocycles. The summed E-state index contributed by atoms with van der Waals surface area (Å²) in [5, 5.41) is 7.94. The molecule has 2 heterocycles. The molecule has 40 heavy (non-hydrogen) atoms. The molecule has 4 aromatic rings. The Bertz CT molecular complexity index is 1490. The standard InChI is InChI=1S/C32H32ClN5OS/c33-26-12-8-11-25(19-26)32(16-6-7-17-32)22-34-31(40)37-30-35-28(20-29(36-30)39-27-13-2-1-3-14-27)38-18-15-23-9-4-5-10-24(23)21-38/h1-5,8-14,19-20H,6-7,15-18,21-22H2,(H2,34,35,36,37,40). The number of nitrogens with one attached hydrogen (secondary N) is 2. The Kier molecular flexibility index (Phi) is 7.84. The van der Waals surface area contributed by atoms with Crippen LogP contribution in [0.1, 0.15) is 42.4 Å². The van der Waals surface area contributed by atoms with E-state index in [1.165, 1.54) is 29.5 Å². The zero-order valence-corrected chi connectivity index (χ0v) is 23.8. The van der Waals surface area contributed by atoms with Crippen LogP contribution in [0.3, 0.4) is 0 Å². The Morgan fingerprint density at radius 1 is 0.925 bits per heavy atom. The Hall–Kier alpha value is -3.68. The van der Waals surface area contributed by atoms with E-state index in [4.69, 9.17) is 33.5 Å². The first kappa shape index (κ1) is 26.5. The third-order valence-electron chi connectivity index (χ3n) is 7.92. The van der Waals surface area contributed by atoms with Crippen LogP contribution in [0.4, 0.5) is 11.8 Å². The minimum absolute atomic E-state index is 0.00210. The number of anilines is 2. The first-order valence-electron chi connectivity index (χ1n) is 13.8. The van der Waals surface area contributed by atoms with Crippen molar-refractivity contribution in [3.05, 3.63) is 107 Å². The van der Waals surface area contributed by atoms with Crippen molar-refractivity contribution in [2.24, 2.45) is 0 Å². The minimum Gasteiger partial charge on any atom is -0.439 e. The van der Waals surface area contributed by atoms with Gasteiger partial charge >= 0.3 is 0 Å². The minimum atomic E-state index is 0.00210. The lowest BCUT2D eigenvalue weighted by Crippen LogP contribution is -2.41. The number of hydrogen-bond donors (Lipinski definition) is 2. The molecule has 1 aliphatic heterocycles. The van der Waals surface area contributed by atoms with E-state index in [-0.39, 0.29) is 5.41 Å². The van der Waals surface area contributed by atoms with Crippen molar-refractivity contribution in [1.29, 1.82) is 0 Å². The van der Waals surface area contributed by atoms with Crippen LogP contribution in [0.25, 0.3) is 0 Å². The Balaban J connectivity index is 1.21. The van der Waals surface area contributed by atoms with Gasteiger partial charge in [0.2, 0.25) is 11.8 Å². The highest BCUT2D eigenvalue weighted by molar-refractivity contribution is 7.80. The lowest BCUT2D eigenvalue weighted by molar-refractivity contribution is 0.435. The van der Waals surface area contributed by atoms with Gasteiger partial charge in [-0.25, -0.2) is 0 Å². The van der Waals surface area contributed by atoms with Gasteiger partial charge < -0.3 is 20.3 Å². The summed E-state index contributed by atoms with van der Waals surface area (Å²) in [6.07, 6.45) is 5.54. The van der Waals surface area contributed by atoms with Crippen LogP contribution in [-0.2, 0) is 18.4 Å².